The van der Waals surface area contributed by atoms with Crippen molar-refractivity contribution in [2.75, 3.05) is 11.1 Å². The highest BCUT2D eigenvalue weighted by molar-refractivity contribution is 7.99. The largest absolute Gasteiger partial charge is 0.431 e. The molecule has 3 rings (SSSR count). The van der Waals surface area contributed by atoms with Gasteiger partial charge in [0.1, 0.15) is 5.52 Å². The molecule has 7 heteroatoms. The van der Waals surface area contributed by atoms with Crippen molar-refractivity contribution in [1.82, 2.24) is 4.98 Å². The van der Waals surface area contributed by atoms with Crippen molar-refractivity contribution in [2.45, 2.75) is 5.22 Å². The van der Waals surface area contributed by atoms with E-state index >= 15 is 0 Å². The molecule has 3 N–H and O–H groups in total. The van der Waals surface area contributed by atoms with Crippen molar-refractivity contribution in [2.24, 2.45) is 5.73 Å². The van der Waals surface area contributed by atoms with Crippen molar-refractivity contribution in [3.8, 4) is 0 Å². The number of thioether (sulfide) groups is 1. The third-order valence-electron chi connectivity index (χ3n) is 3.08. The maximum Gasteiger partial charge on any atom is 0.316 e. The molecule has 0 radical (unpaired) electrons. The predicted molar refractivity (Wildman–Crippen MR) is 88.7 cm³/mol. The fourth-order valence-corrected chi connectivity index (χ4v) is 2.74. The molecule has 0 aliphatic heterocycles. The van der Waals surface area contributed by atoms with Gasteiger partial charge in [-0.2, -0.15) is 0 Å². The Kier molecular flexibility index (Phi) is 4.29. The van der Waals surface area contributed by atoms with Gasteiger partial charge in [0, 0.05) is 11.3 Å². The highest BCUT2D eigenvalue weighted by Gasteiger charge is 2.11. The number of aromatic nitrogens is 1. The summed E-state index contributed by atoms with van der Waals surface area (Å²) in [6, 6.07) is 13.3. The standard InChI is InChI=1S/C16H13N3O3S/c17-15(21)18-11-7-5-10(6-8-11)13(20)9-23-16-19-12-3-1-2-4-14(12)22-16/h1-8H,9H2,(H3,17,18,21). The lowest BCUT2D eigenvalue weighted by atomic mass is 10.1. The molecule has 1 aromatic heterocycles. The Balaban J connectivity index is 1.63. The molecule has 2 amide bonds. The number of nitrogens with two attached hydrogens (primary N) is 1. The number of carbonyl (C=O) groups excluding carboxylic acids is 2. The lowest BCUT2D eigenvalue weighted by Gasteiger charge is -2.03. The predicted octanol–water partition coefficient (Wildman–Crippen LogP) is 3.29. The van der Waals surface area contributed by atoms with Crippen LogP contribution in [0.1, 0.15) is 10.4 Å². The summed E-state index contributed by atoms with van der Waals surface area (Å²) in [6.45, 7) is 0. The maximum atomic E-state index is 12.2. The Hall–Kier alpha value is -2.80. The summed E-state index contributed by atoms with van der Waals surface area (Å²) >= 11 is 1.25. The lowest BCUT2D eigenvalue weighted by molar-refractivity contribution is 0.102. The molecule has 0 spiro atoms. The molecule has 0 fully saturated rings. The number of hydrogen-bond acceptors (Lipinski definition) is 5. The van der Waals surface area contributed by atoms with Crippen molar-refractivity contribution < 1.29 is 14.0 Å². The zero-order valence-electron chi connectivity index (χ0n) is 12.0. The number of nitrogens with one attached hydrogen (secondary N) is 1. The smallest absolute Gasteiger partial charge is 0.316 e. The van der Waals surface area contributed by atoms with Gasteiger partial charge in [-0.3, -0.25) is 4.79 Å². The second-order valence-electron chi connectivity index (χ2n) is 4.73. The van der Waals surface area contributed by atoms with Crippen LogP contribution in [0.4, 0.5) is 10.5 Å². The van der Waals surface area contributed by atoms with E-state index in [1.807, 2.05) is 24.3 Å². The van der Waals surface area contributed by atoms with Gasteiger partial charge < -0.3 is 15.5 Å². The number of oxazole rings is 1. The molecule has 0 aliphatic carbocycles. The molecule has 6 nitrogen and oxygen atoms in total. The highest BCUT2D eigenvalue weighted by Crippen LogP contribution is 2.24. The van der Waals surface area contributed by atoms with Crippen molar-refractivity contribution in [1.29, 1.82) is 0 Å². The number of nitrogens with zero attached hydrogens (tertiary/aromatic N) is 1. The number of para-hydroxylation sites is 2. The number of amides is 2. The van der Waals surface area contributed by atoms with E-state index in [9.17, 15) is 9.59 Å². The van der Waals surface area contributed by atoms with Gasteiger partial charge in [-0.25, -0.2) is 9.78 Å². The Morgan fingerprint density at radius 1 is 1.13 bits per heavy atom. The van der Waals surface area contributed by atoms with Crippen LogP contribution in [0.5, 0.6) is 0 Å². The Bertz CT molecular complexity index is 825. The summed E-state index contributed by atoms with van der Waals surface area (Å²) in [7, 11) is 0. The van der Waals surface area contributed by atoms with Gasteiger partial charge in [0.25, 0.3) is 5.22 Å². The van der Waals surface area contributed by atoms with Gasteiger partial charge in [0.05, 0.1) is 5.75 Å². The fraction of sp³-hybridized carbons (Fsp3) is 0.0625. The van der Waals surface area contributed by atoms with E-state index < -0.39 is 6.03 Å². The number of benzene rings is 2. The van der Waals surface area contributed by atoms with Crippen molar-refractivity contribution >= 4 is 40.4 Å². The van der Waals surface area contributed by atoms with Crippen LogP contribution in [0.15, 0.2) is 58.2 Å². The fourth-order valence-electron chi connectivity index (χ4n) is 2.01. The minimum Gasteiger partial charge on any atom is -0.431 e. The lowest BCUT2D eigenvalue weighted by Crippen LogP contribution is -2.19. The minimum absolute atomic E-state index is 0.0529. The topological polar surface area (TPSA) is 98.2 Å². The van der Waals surface area contributed by atoms with Crippen LogP contribution in [0.25, 0.3) is 11.1 Å². The first kappa shape index (κ1) is 15.1. The van der Waals surface area contributed by atoms with Crippen molar-refractivity contribution in [3.63, 3.8) is 0 Å². The number of urea groups is 1. The first-order chi connectivity index (χ1) is 11.1. The SMILES string of the molecule is NC(=O)Nc1ccc(C(=O)CSc2nc3ccccc3o2)cc1. The molecule has 0 unspecified atom stereocenters. The van der Waals surface area contributed by atoms with Crippen LogP contribution in [0, 0.1) is 0 Å². The number of anilines is 1. The molecule has 0 bridgehead atoms. The summed E-state index contributed by atoms with van der Waals surface area (Å²) in [6.07, 6.45) is 0. The number of Topliss-reactive ketones (excluding diaryl/α,β-unsaturated/α-hetero) is 1. The van der Waals surface area contributed by atoms with Crippen LogP contribution < -0.4 is 11.1 Å². The molecule has 23 heavy (non-hydrogen) atoms. The number of primary amides is 1. The Morgan fingerprint density at radius 2 is 1.87 bits per heavy atom. The van der Waals surface area contributed by atoms with Gasteiger partial charge >= 0.3 is 6.03 Å². The van der Waals surface area contributed by atoms with Gasteiger partial charge in [-0.1, -0.05) is 23.9 Å². The number of fused-ring (bicyclic) bond motifs is 1. The summed E-state index contributed by atoms with van der Waals surface area (Å²) in [5.74, 6) is 0.165. The minimum atomic E-state index is -0.643. The van der Waals surface area contributed by atoms with Gasteiger partial charge in [0.2, 0.25) is 0 Å². The Morgan fingerprint density at radius 3 is 2.57 bits per heavy atom. The third-order valence-corrected chi connectivity index (χ3v) is 3.90. The first-order valence-corrected chi connectivity index (χ1v) is 7.78. The monoisotopic (exact) mass is 327 g/mol. The van der Waals surface area contributed by atoms with Crippen LogP contribution >= 0.6 is 11.8 Å². The molecular formula is C16H13N3O3S. The second kappa shape index (κ2) is 6.53. The number of carbonyl (C=O) groups is 2. The molecule has 2 aromatic carbocycles. The summed E-state index contributed by atoms with van der Waals surface area (Å²) in [5.41, 5.74) is 7.58. The Labute approximate surface area is 136 Å². The molecule has 3 aromatic rings. The molecular weight excluding hydrogens is 314 g/mol. The van der Waals surface area contributed by atoms with Crippen LogP contribution in [0.3, 0.4) is 0 Å². The average Bonchev–Trinajstić information content (AvgIpc) is 2.95. The van der Waals surface area contributed by atoms with Crippen molar-refractivity contribution in [3.05, 3.63) is 54.1 Å². The van der Waals surface area contributed by atoms with E-state index in [0.717, 1.165) is 5.52 Å². The van der Waals surface area contributed by atoms with Crippen LogP contribution in [0.2, 0.25) is 0 Å². The molecule has 116 valence electrons. The van der Waals surface area contributed by atoms with Gasteiger partial charge in [-0.15, -0.1) is 0 Å². The molecule has 0 saturated carbocycles. The number of ketones is 1. The van der Waals surface area contributed by atoms with Crippen LogP contribution in [-0.4, -0.2) is 22.6 Å². The van der Waals surface area contributed by atoms with E-state index in [0.29, 0.717) is 22.1 Å². The number of hydrogen-bond donors (Lipinski definition) is 2. The highest BCUT2D eigenvalue weighted by atomic mass is 32.2. The first-order valence-electron chi connectivity index (χ1n) is 6.80. The van der Waals surface area contributed by atoms with E-state index in [4.69, 9.17) is 10.2 Å². The molecule has 0 saturated heterocycles. The normalized spacial score (nSPS) is 10.6. The zero-order chi connectivity index (χ0) is 16.2. The molecule has 0 atom stereocenters. The summed E-state index contributed by atoms with van der Waals surface area (Å²) < 4.78 is 5.56. The number of rotatable bonds is 5. The second-order valence-corrected chi connectivity index (χ2v) is 5.65. The van der Waals surface area contributed by atoms with E-state index in [2.05, 4.69) is 10.3 Å². The van der Waals surface area contributed by atoms with E-state index in [1.54, 1.807) is 24.3 Å². The van der Waals surface area contributed by atoms with E-state index in [-0.39, 0.29) is 11.5 Å². The summed E-state index contributed by atoms with van der Waals surface area (Å²) in [5, 5.41) is 2.91. The van der Waals surface area contributed by atoms with Crippen LogP contribution in [-0.2, 0) is 0 Å². The zero-order valence-corrected chi connectivity index (χ0v) is 12.8. The quantitative estimate of drug-likeness (QED) is 0.553. The maximum absolute atomic E-state index is 12.2. The van der Waals surface area contributed by atoms with Gasteiger partial charge in [-0.05, 0) is 36.4 Å². The van der Waals surface area contributed by atoms with Gasteiger partial charge in [0.15, 0.2) is 11.4 Å². The average molecular weight is 327 g/mol. The molecule has 1 heterocycles. The summed E-state index contributed by atoms with van der Waals surface area (Å²) in [4.78, 5) is 27.2. The molecule has 0 aliphatic rings. The van der Waals surface area contributed by atoms with E-state index in [1.165, 1.54) is 11.8 Å². The third kappa shape index (κ3) is 3.70.